The van der Waals surface area contributed by atoms with E-state index < -0.39 is 27.7 Å². The fraction of sp³-hybridized carbons (Fsp3) is 0.350. The molecule has 0 radical (unpaired) electrons. The minimum atomic E-state index is -4.55. The maximum Gasteiger partial charge on any atom is 0.416 e. The second-order valence-corrected chi connectivity index (χ2v) is 8.63. The summed E-state index contributed by atoms with van der Waals surface area (Å²) in [6, 6.07) is 8.36. The van der Waals surface area contributed by atoms with Crippen molar-refractivity contribution in [2.24, 2.45) is 0 Å². The molecule has 0 aliphatic carbocycles. The topological polar surface area (TPSA) is 69.7 Å². The molecule has 0 spiro atoms. The van der Waals surface area contributed by atoms with E-state index in [0.29, 0.717) is 18.8 Å². The van der Waals surface area contributed by atoms with Crippen LogP contribution in [0.2, 0.25) is 0 Å². The van der Waals surface area contributed by atoms with Gasteiger partial charge in [-0.3, -0.25) is 4.79 Å². The lowest BCUT2D eigenvalue weighted by atomic mass is 10.1. The molecule has 0 aliphatic rings. The number of carbonyl (C=O) groups excluding carboxylic acids is 1. The van der Waals surface area contributed by atoms with Crippen molar-refractivity contribution in [3.8, 4) is 0 Å². The molecule has 1 amide bonds. The van der Waals surface area contributed by atoms with Crippen LogP contribution in [0.25, 0.3) is 0 Å². The zero-order valence-electron chi connectivity index (χ0n) is 17.1. The SMILES string of the molecule is CCN(CC)S(=O)(=O)c1ccc(C(=O)Nc2cc(C(F)(F)F)ccc2N(C)C)cc1. The van der Waals surface area contributed by atoms with Gasteiger partial charge in [0, 0.05) is 32.7 Å². The molecule has 0 saturated carbocycles. The number of amides is 1. The van der Waals surface area contributed by atoms with Crippen LogP contribution in [0.15, 0.2) is 47.4 Å². The molecule has 1 N–H and O–H groups in total. The zero-order valence-corrected chi connectivity index (χ0v) is 17.9. The van der Waals surface area contributed by atoms with Gasteiger partial charge in [-0.2, -0.15) is 17.5 Å². The molecule has 0 bridgehead atoms. The van der Waals surface area contributed by atoms with Crippen LogP contribution in [-0.2, 0) is 16.2 Å². The lowest BCUT2D eigenvalue weighted by Crippen LogP contribution is -2.30. The molecule has 0 unspecified atom stereocenters. The fourth-order valence-corrected chi connectivity index (χ4v) is 4.35. The van der Waals surface area contributed by atoms with E-state index >= 15 is 0 Å². The highest BCUT2D eigenvalue weighted by Crippen LogP contribution is 2.35. The van der Waals surface area contributed by atoms with E-state index in [1.165, 1.54) is 34.6 Å². The maximum atomic E-state index is 13.1. The van der Waals surface area contributed by atoms with Gasteiger partial charge in [0.1, 0.15) is 0 Å². The molecule has 0 aliphatic heterocycles. The van der Waals surface area contributed by atoms with Gasteiger partial charge in [0.25, 0.3) is 5.91 Å². The molecule has 2 aromatic carbocycles. The Bertz CT molecular complexity index is 1000. The van der Waals surface area contributed by atoms with Crippen LogP contribution in [0.1, 0.15) is 29.8 Å². The van der Waals surface area contributed by atoms with Crippen LogP contribution in [-0.4, -0.2) is 45.8 Å². The summed E-state index contributed by atoms with van der Waals surface area (Å²) in [4.78, 5) is 14.2. The van der Waals surface area contributed by atoms with Crippen molar-refractivity contribution < 1.29 is 26.4 Å². The summed E-state index contributed by atoms with van der Waals surface area (Å²) in [5.41, 5.74) is -0.364. The summed E-state index contributed by atoms with van der Waals surface area (Å²) < 4.78 is 65.5. The van der Waals surface area contributed by atoms with E-state index in [1.54, 1.807) is 32.8 Å². The summed E-state index contributed by atoms with van der Waals surface area (Å²) in [5, 5.41) is 2.48. The standard InChI is InChI=1S/C20H24F3N3O3S/c1-5-26(6-2)30(28,29)16-10-7-14(8-11-16)19(27)24-17-13-15(20(21,22)23)9-12-18(17)25(3)4/h7-13H,5-6H2,1-4H3,(H,24,27). The quantitative estimate of drug-likeness (QED) is 0.701. The van der Waals surface area contributed by atoms with Crippen LogP contribution in [0.4, 0.5) is 24.5 Å². The molecule has 0 saturated heterocycles. The van der Waals surface area contributed by atoms with Gasteiger partial charge in [0.05, 0.1) is 21.8 Å². The van der Waals surface area contributed by atoms with Crippen molar-refractivity contribution in [3.63, 3.8) is 0 Å². The minimum Gasteiger partial charge on any atom is -0.376 e. The first-order chi connectivity index (χ1) is 13.9. The van der Waals surface area contributed by atoms with Gasteiger partial charge in [0.15, 0.2) is 0 Å². The van der Waals surface area contributed by atoms with Crippen molar-refractivity contribution in [1.29, 1.82) is 0 Å². The van der Waals surface area contributed by atoms with Gasteiger partial charge >= 0.3 is 6.18 Å². The number of nitrogens with zero attached hydrogens (tertiary/aromatic N) is 2. The number of anilines is 2. The highest BCUT2D eigenvalue weighted by atomic mass is 32.2. The monoisotopic (exact) mass is 443 g/mol. The Morgan fingerprint density at radius 1 is 1.00 bits per heavy atom. The van der Waals surface area contributed by atoms with Crippen LogP contribution in [0, 0.1) is 0 Å². The van der Waals surface area contributed by atoms with Crippen molar-refractivity contribution in [3.05, 3.63) is 53.6 Å². The number of benzene rings is 2. The summed E-state index contributed by atoms with van der Waals surface area (Å²) in [7, 11) is -0.385. The molecule has 0 aromatic heterocycles. The van der Waals surface area contributed by atoms with Crippen molar-refractivity contribution in [1.82, 2.24) is 4.31 Å². The zero-order chi connectivity index (χ0) is 22.7. The minimum absolute atomic E-state index is 0.000311. The first-order valence-electron chi connectivity index (χ1n) is 9.22. The summed E-state index contributed by atoms with van der Waals surface area (Å²) in [6.45, 7) is 4.06. The van der Waals surface area contributed by atoms with Gasteiger partial charge < -0.3 is 10.2 Å². The Labute approximate surface area is 174 Å². The van der Waals surface area contributed by atoms with Crippen molar-refractivity contribution in [2.45, 2.75) is 24.9 Å². The number of alkyl halides is 3. The van der Waals surface area contributed by atoms with Crippen LogP contribution in [0.5, 0.6) is 0 Å². The Balaban J connectivity index is 2.33. The third-order valence-corrected chi connectivity index (χ3v) is 6.58. The number of rotatable bonds is 7. The van der Waals surface area contributed by atoms with E-state index in [1.807, 2.05) is 0 Å². The Morgan fingerprint density at radius 3 is 2.03 bits per heavy atom. The van der Waals surface area contributed by atoms with E-state index in [4.69, 9.17) is 0 Å². The fourth-order valence-electron chi connectivity index (χ4n) is 2.89. The van der Waals surface area contributed by atoms with Crippen LogP contribution in [0.3, 0.4) is 0 Å². The molecule has 2 rings (SSSR count). The van der Waals surface area contributed by atoms with E-state index in [-0.39, 0.29) is 16.1 Å². The van der Waals surface area contributed by atoms with Gasteiger partial charge in [-0.25, -0.2) is 8.42 Å². The molecule has 2 aromatic rings. The molecule has 0 atom stereocenters. The van der Waals surface area contributed by atoms with E-state index in [0.717, 1.165) is 12.1 Å². The van der Waals surface area contributed by atoms with Crippen molar-refractivity contribution >= 4 is 27.3 Å². The number of sulfonamides is 1. The first kappa shape index (κ1) is 23.7. The second kappa shape index (κ2) is 9.05. The second-order valence-electron chi connectivity index (χ2n) is 6.69. The lowest BCUT2D eigenvalue weighted by Gasteiger charge is -2.20. The number of hydrogen-bond acceptors (Lipinski definition) is 4. The number of nitrogens with one attached hydrogen (secondary N) is 1. The number of halogens is 3. The largest absolute Gasteiger partial charge is 0.416 e. The predicted octanol–water partition coefficient (Wildman–Crippen LogP) is 4.05. The Kier molecular flexibility index (Phi) is 7.14. The third kappa shape index (κ3) is 5.11. The molecule has 0 heterocycles. The van der Waals surface area contributed by atoms with Crippen LogP contribution >= 0.6 is 0 Å². The number of carbonyl (C=O) groups is 1. The highest BCUT2D eigenvalue weighted by molar-refractivity contribution is 7.89. The smallest absolute Gasteiger partial charge is 0.376 e. The van der Waals surface area contributed by atoms with Gasteiger partial charge in [-0.05, 0) is 42.5 Å². The molecule has 30 heavy (non-hydrogen) atoms. The summed E-state index contributed by atoms with van der Waals surface area (Å²) >= 11 is 0. The Hall–Kier alpha value is -2.59. The third-order valence-electron chi connectivity index (χ3n) is 4.51. The van der Waals surface area contributed by atoms with Gasteiger partial charge in [0.2, 0.25) is 10.0 Å². The van der Waals surface area contributed by atoms with Crippen LogP contribution < -0.4 is 10.2 Å². The number of hydrogen-bond donors (Lipinski definition) is 1. The molecule has 10 heteroatoms. The molecular weight excluding hydrogens is 419 g/mol. The molecule has 0 fully saturated rings. The molecule has 164 valence electrons. The normalized spacial score (nSPS) is 12.1. The summed E-state index contributed by atoms with van der Waals surface area (Å²) in [6.07, 6.45) is -4.55. The van der Waals surface area contributed by atoms with Gasteiger partial charge in [-0.1, -0.05) is 13.8 Å². The predicted molar refractivity (Wildman–Crippen MR) is 110 cm³/mol. The highest BCUT2D eigenvalue weighted by Gasteiger charge is 2.31. The summed E-state index contributed by atoms with van der Waals surface area (Å²) in [5.74, 6) is -0.649. The van der Waals surface area contributed by atoms with Crippen molar-refractivity contribution in [2.75, 3.05) is 37.4 Å². The Morgan fingerprint density at radius 2 is 1.57 bits per heavy atom. The van der Waals surface area contributed by atoms with Gasteiger partial charge in [-0.15, -0.1) is 0 Å². The average Bonchev–Trinajstić information content (AvgIpc) is 2.67. The van der Waals surface area contributed by atoms with E-state index in [9.17, 15) is 26.4 Å². The molecular formula is C20H24F3N3O3S. The average molecular weight is 443 g/mol. The van der Waals surface area contributed by atoms with E-state index in [2.05, 4.69) is 5.32 Å². The lowest BCUT2D eigenvalue weighted by molar-refractivity contribution is -0.137. The first-order valence-corrected chi connectivity index (χ1v) is 10.7. The molecule has 6 nitrogen and oxygen atoms in total. The maximum absolute atomic E-state index is 13.1.